The quantitative estimate of drug-likeness (QED) is 0.0625. The highest BCUT2D eigenvalue weighted by molar-refractivity contribution is 7.25. The summed E-state index contributed by atoms with van der Waals surface area (Å²) in [5, 5.41) is 18.9. The first kappa shape index (κ1) is 32.1. The van der Waals surface area contributed by atoms with Crippen LogP contribution >= 0.6 is 22.7 Å². The first-order valence-corrected chi connectivity index (χ1v) is 17.5. The van der Waals surface area contributed by atoms with Crippen LogP contribution in [0, 0.1) is 11.3 Å². The van der Waals surface area contributed by atoms with E-state index in [0.717, 1.165) is 90.1 Å². The highest BCUT2D eigenvalue weighted by Crippen LogP contribution is 2.55. The van der Waals surface area contributed by atoms with Crippen molar-refractivity contribution in [1.29, 1.82) is 5.26 Å². The van der Waals surface area contributed by atoms with Crippen molar-refractivity contribution in [2.45, 2.75) is 39.0 Å². The minimum atomic E-state index is -1.22. The molecule has 0 atom stereocenters. The maximum Gasteiger partial charge on any atom is 0.346 e. The summed E-state index contributed by atoms with van der Waals surface area (Å²) in [7, 11) is 0. The van der Waals surface area contributed by atoms with Crippen LogP contribution in [-0.2, 0) is 11.2 Å². The minimum Gasteiger partial charge on any atom is -0.485 e. The van der Waals surface area contributed by atoms with E-state index in [9.17, 15) is 15.2 Å². The Balaban J connectivity index is 1.38. The molecule has 1 N–H and O–H groups in total. The molecule has 236 valence electrons. The van der Waals surface area contributed by atoms with Gasteiger partial charge in [-0.1, -0.05) is 111 Å². The van der Waals surface area contributed by atoms with E-state index in [1.54, 1.807) is 11.3 Å². The van der Waals surface area contributed by atoms with Gasteiger partial charge in [-0.15, -0.1) is 22.7 Å². The van der Waals surface area contributed by atoms with Crippen molar-refractivity contribution >= 4 is 46.4 Å². The smallest absolute Gasteiger partial charge is 0.346 e. The maximum atomic E-state index is 11.6. The third kappa shape index (κ3) is 7.41. The largest absolute Gasteiger partial charge is 0.485 e. The highest BCUT2D eigenvalue weighted by atomic mass is 32.1. The molecule has 3 aromatic carbocycles. The Bertz CT molecular complexity index is 1900. The van der Waals surface area contributed by atoms with Crippen molar-refractivity contribution < 1.29 is 19.4 Å². The van der Waals surface area contributed by atoms with Gasteiger partial charge in [-0.2, -0.15) is 5.26 Å². The van der Waals surface area contributed by atoms with Crippen LogP contribution in [0.5, 0.6) is 11.5 Å². The summed E-state index contributed by atoms with van der Waals surface area (Å²) >= 11 is 3.14. The number of fused-ring (bicyclic) bond motifs is 1. The second-order valence-corrected chi connectivity index (χ2v) is 13.4. The number of thiophene rings is 2. The van der Waals surface area contributed by atoms with Crippen LogP contribution in [-0.4, -0.2) is 24.3 Å². The molecule has 5 nitrogen and oxygen atoms in total. The lowest BCUT2D eigenvalue weighted by molar-refractivity contribution is -0.132. The molecule has 7 heteroatoms. The average molecular weight is 658 g/mol. The molecule has 0 spiro atoms. The highest BCUT2D eigenvalue weighted by Gasteiger charge is 2.28. The molecule has 0 amide bonds. The van der Waals surface area contributed by atoms with E-state index in [-0.39, 0.29) is 5.57 Å². The van der Waals surface area contributed by atoms with Gasteiger partial charge in [-0.05, 0) is 64.5 Å². The summed E-state index contributed by atoms with van der Waals surface area (Å²) in [6, 6.07) is 33.2. The van der Waals surface area contributed by atoms with Gasteiger partial charge in [-0.25, -0.2) is 4.79 Å². The first-order chi connectivity index (χ1) is 23.1. The van der Waals surface area contributed by atoms with Crippen LogP contribution in [0.15, 0.2) is 96.6 Å². The molecule has 0 unspecified atom stereocenters. The Morgan fingerprint density at radius 1 is 0.809 bits per heavy atom. The molecule has 3 heterocycles. The predicted octanol–water partition coefficient (Wildman–Crippen LogP) is 10.6. The fourth-order valence-corrected chi connectivity index (χ4v) is 8.19. The fourth-order valence-electron chi connectivity index (χ4n) is 5.68. The number of nitriles is 1. The molecule has 0 aliphatic carbocycles. The number of unbranched alkanes of at least 4 members (excludes halogenated alkanes) is 3. The summed E-state index contributed by atoms with van der Waals surface area (Å²) in [5.41, 5.74) is 6.47. The molecular formula is C40H35NO4S2. The molecule has 0 radical (unpaired) electrons. The number of nitrogens with zero attached hydrogens (tertiary/aromatic N) is 1. The Hall–Kier alpha value is -4.90. The van der Waals surface area contributed by atoms with E-state index in [0.29, 0.717) is 13.2 Å². The molecule has 1 aliphatic heterocycles. The number of hydrogen-bond donors (Lipinski definition) is 1. The van der Waals surface area contributed by atoms with Gasteiger partial charge < -0.3 is 14.6 Å². The number of aliphatic carboxylic acids is 1. The molecule has 0 saturated carbocycles. The maximum absolute atomic E-state index is 11.6. The van der Waals surface area contributed by atoms with Gasteiger partial charge in [-0.3, -0.25) is 0 Å². The van der Waals surface area contributed by atoms with Gasteiger partial charge in [0.25, 0.3) is 0 Å². The summed E-state index contributed by atoms with van der Waals surface area (Å²) in [6.07, 6.45) is 9.03. The van der Waals surface area contributed by atoms with Crippen LogP contribution in [0.1, 0.15) is 59.7 Å². The van der Waals surface area contributed by atoms with Crippen LogP contribution in [0.3, 0.4) is 0 Å². The van der Waals surface area contributed by atoms with Gasteiger partial charge in [0.05, 0.1) is 14.6 Å². The lowest BCUT2D eigenvalue weighted by Crippen LogP contribution is -2.14. The van der Waals surface area contributed by atoms with E-state index in [4.69, 9.17) is 9.47 Å². The van der Waals surface area contributed by atoms with Gasteiger partial charge in [0.1, 0.15) is 24.9 Å². The Morgan fingerprint density at radius 3 is 2.04 bits per heavy atom. The van der Waals surface area contributed by atoms with Gasteiger partial charge in [0, 0.05) is 4.88 Å². The van der Waals surface area contributed by atoms with Gasteiger partial charge in [0.15, 0.2) is 11.5 Å². The van der Waals surface area contributed by atoms with Crippen LogP contribution in [0.25, 0.3) is 37.9 Å². The third-order valence-corrected chi connectivity index (χ3v) is 10.5. The van der Waals surface area contributed by atoms with Crippen molar-refractivity contribution in [2.24, 2.45) is 0 Å². The summed E-state index contributed by atoms with van der Waals surface area (Å²) < 4.78 is 12.5. The SMILES string of the molecule is CCCCCCc1cc(/C=C(\C#N)C(=O)O)sc1-c1sc(-c2ccc(C=C(c3ccccc3)c3ccccc3)cc2)c2c1OCCO2. The standard InChI is InChI=1S/C40H35NO4S2/c1-2-3-4-7-16-31-24-33(25-32(26-41)40(42)43)46-38(31)39-36-35(44-21-22-45-36)37(47-39)30-19-17-27(18-20-30)23-34(28-12-8-5-9-13-28)29-14-10-6-11-15-29/h5-6,8-15,17-20,23-25H,2-4,7,16,21-22H2,1H3,(H,42,43)/b32-25+. The van der Waals surface area contributed by atoms with E-state index < -0.39 is 5.97 Å². The topological polar surface area (TPSA) is 79.6 Å². The molecule has 5 aromatic rings. The van der Waals surface area contributed by atoms with E-state index >= 15 is 0 Å². The summed E-state index contributed by atoms with van der Waals surface area (Å²) in [6.45, 7) is 3.13. The first-order valence-electron chi connectivity index (χ1n) is 15.9. The zero-order valence-corrected chi connectivity index (χ0v) is 27.8. The Labute approximate surface area is 283 Å². The number of carbonyl (C=O) groups is 1. The second kappa shape index (κ2) is 15.1. The van der Waals surface area contributed by atoms with E-state index in [1.165, 1.54) is 23.8 Å². The van der Waals surface area contributed by atoms with Crippen molar-refractivity contribution in [3.63, 3.8) is 0 Å². The molecular weight excluding hydrogens is 623 g/mol. The lowest BCUT2D eigenvalue weighted by atomic mass is 9.95. The average Bonchev–Trinajstić information content (AvgIpc) is 3.70. The molecule has 0 fully saturated rings. The lowest BCUT2D eigenvalue weighted by Gasteiger charge is -2.17. The van der Waals surface area contributed by atoms with Gasteiger partial charge in [0.2, 0.25) is 0 Å². The number of hydrogen-bond acceptors (Lipinski definition) is 6. The Kier molecular flexibility index (Phi) is 10.3. The van der Waals surface area contributed by atoms with Crippen LogP contribution in [0.2, 0.25) is 0 Å². The minimum absolute atomic E-state index is 0.277. The van der Waals surface area contributed by atoms with Crippen molar-refractivity contribution in [1.82, 2.24) is 0 Å². The molecule has 47 heavy (non-hydrogen) atoms. The van der Waals surface area contributed by atoms with Crippen molar-refractivity contribution in [3.8, 4) is 37.8 Å². The molecule has 0 saturated heterocycles. The van der Waals surface area contributed by atoms with Crippen molar-refractivity contribution in [2.75, 3.05) is 13.2 Å². The van der Waals surface area contributed by atoms with Crippen molar-refractivity contribution in [3.05, 3.63) is 124 Å². The molecule has 6 rings (SSSR count). The normalized spacial score (nSPS) is 12.4. The van der Waals surface area contributed by atoms with Gasteiger partial charge >= 0.3 is 5.97 Å². The van der Waals surface area contributed by atoms with E-state index in [2.05, 4.69) is 85.8 Å². The number of rotatable bonds is 12. The number of aryl methyl sites for hydroxylation is 1. The second-order valence-electron chi connectivity index (χ2n) is 11.3. The molecule has 1 aliphatic rings. The molecule has 0 bridgehead atoms. The number of benzene rings is 3. The zero-order valence-electron chi connectivity index (χ0n) is 26.2. The number of carboxylic acid groups (broad SMARTS) is 1. The fraction of sp³-hybridized carbons (Fsp3) is 0.200. The third-order valence-electron chi connectivity index (χ3n) is 8.02. The monoisotopic (exact) mass is 657 g/mol. The number of carboxylic acids is 1. The summed E-state index contributed by atoms with van der Waals surface area (Å²) in [4.78, 5) is 15.4. The van der Waals surface area contributed by atoms with Crippen LogP contribution in [0.4, 0.5) is 0 Å². The number of ether oxygens (including phenoxy) is 2. The predicted molar refractivity (Wildman–Crippen MR) is 193 cm³/mol. The van der Waals surface area contributed by atoms with E-state index in [1.807, 2.05) is 24.3 Å². The van der Waals surface area contributed by atoms with Crippen LogP contribution < -0.4 is 9.47 Å². The Morgan fingerprint density at radius 2 is 1.45 bits per heavy atom. The molecule has 2 aromatic heterocycles. The zero-order chi connectivity index (χ0) is 32.6. The summed E-state index contributed by atoms with van der Waals surface area (Å²) in [5.74, 6) is 0.262.